The largest absolute Gasteiger partial charge is 0.462 e. The average Bonchev–Trinajstić information content (AvgIpc) is 3.45. The number of unbranched alkanes of at least 4 members (excludes halogenated alkanes) is 52. The number of esters is 3. The first-order chi connectivity index (χ1) is 39.0. The van der Waals surface area contributed by atoms with Crippen LogP contribution in [-0.2, 0) is 28.6 Å². The first-order valence-corrected chi connectivity index (χ1v) is 35.8. The van der Waals surface area contributed by atoms with Gasteiger partial charge in [-0.25, -0.2) is 0 Å². The van der Waals surface area contributed by atoms with Gasteiger partial charge >= 0.3 is 17.9 Å². The summed E-state index contributed by atoms with van der Waals surface area (Å²) in [5, 5.41) is 0. The van der Waals surface area contributed by atoms with E-state index < -0.39 is 6.10 Å². The molecular formula is C73H138O6. The molecule has 0 heterocycles. The molecule has 0 aliphatic rings. The topological polar surface area (TPSA) is 78.9 Å². The third-order valence-electron chi connectivity index (χ3n) is 16.5. The van der Waals surface area contributed by atoms with Gasteiger partial charge in [0.1, 0.15) is 13.2 Å². The molecule has 0 aromatic heterocycles. The lowest BCUT2D eigenvalue weighted by molar-refractivity contribution is -0.167. The van der Waals surface area contributed by atoms with Crippen LogP contribution in [0.5, 0.6) is 0 Å². The molecule has 0 saturated carbocycles. The Morgan fingerprint density at radius 1 is 0.253 bits per heavy atom. The molecule has 6 nitrogen and oxygen atoms in total. The van der Waals surface area contributed by atoms with Gasteiger partial charge in [-0.2, -0.15) is 0 Å². The summed E-state index contributed by atoms with van der Waals surface area (Å²) >= 11 is 0. The van der Waals surface area contributed by atoms with Gasteiger partial charge < -0.3 is 14.2 Å². The van der Waals surface area contributed by atoms with Crippen molar-refractivity contribution in [2.45, 2.75) is 412 Å². The van der Waals surface area contributed by atoms with E-state index in [2.05, 4.69) is 45.1 Å². The van der Waals surface area contributed by atoms with Gasteiger partial charge in [0, 0.05) is 19.3 Å². The standard InChI is InChI=1S/C73H138O6/c1-4-7-10-13-16-18-20-22-24-26-28-30-31-32-33-34-35-36-37-38-39-40-41-42-44-45-47-49-51-53-55-57-60-63-66-72(75)78-69-70(68-77-71(74)65-62-59-15-12-9-6-3)79-73(76)67-64-61-58-56-54-52-50-48-46-43-29-27-25-23-21-19-17-14-11-8-5-2/h21,23,27,29,70H,4-20,22,24-26,28,30-69H2,1-3H3/b23-21-,29-27-. The van der Waals surface area contributed by atoms with Crippen molar-refractivity contribution in [3.8, 4) is 0 Å². The van der Waals surface area contributed by atoms with Crippen molar-refractivity contribution in [2.75, 3.05) is 13.2 Å². The third-order valence-corrected chi connectivity index (χ3v) is 16.5. The van der Waals surface area contributed by atoms with Gasteiger partial charge in [0.2, 0.25) is 0 Å². The molecule has 79 heavy (non-hydrogen) atoms. The van der Waals surface area contributed by atoms with Crippen LogP contribution in [0.15, 0.2) is 24.3 Å². The van der Waals surface area contributed by atoms with Crippen LogP contribution in [0.1, 0.15) is 406 Å². The lowest BCUT2D eigenvalue weighted by atomic mass is 10.0. The van der Waals surface area contributed by atoms with Crippen molar-refractivity contribution < 1.29 is 28.6 Å². The van der Waals surface area contributed by atoms with Gasteiger partial charge in [0.25, 0.3) is 0 Å². The third kappa shape index (κ3) is 66.6. The Balaban J connectivity index is 3.91. The van der Waals surface area contributed by atoms with Crippen molar-refractivity contribution in [1.29, 1.82) is 0 Å². The molecule has 0 bridgehead atoms. The molecule has 0 radical (unpaired) electrons. The Labute approximate surface area is 493 Å². The number of hydrogen-bond donors (Lipinski definition) is 0. The first kappa shape index (κ1) is 76.9. The molecule has 0 aliphatic carbocycles. The van der Waals surface area contributed by atoms with Crippen LogP contribution < -0.4 is 0 Å². The number of carbonyl (C=O) groups excluding carboxylic acids is 3. The second-order valence-electron chi connectivity index (χ2n) is 24.5. The minimum Gasteiger partial charge on any atom is -0.462 e. The molecular weight excluding hydrogens is 973 g/mol. The molecule has 0 amide bonds. The zero-order valence-corrected chi connectivity index (χ0v) is 53.7. The molecule has 6 heteroatoms. The molecule has 0 spiro atoms. The van der Waals surface area contributed by atoms with Crippen LogP contribution in [0.25, 0.3) is 0 Å². The number of hydrogen-bond acceptors (Lipinski definition) is 6. The summed E-state index contributed by atoms with van der Waals surface area (Å²) in [5.74, 6) is -0.856. The maximum absolute atomic E-state index is 12.9. The Morgan fingerprint density at radius 3 is 0.696 bits per heavy atom. The summed E-state index contributed by atoms with van der Waals surface area (Å²) in [6.07, 6.45) is 84.1. The minimum atomic E-state index is -0.768. The fraction of sp³-hybridized carbons (Fsp3) is 0.904. The van der Waals surface area contributed by atoms with E-state index in [9.17, 15) is 14.4 Å². The summed E-state index contributed by atoms with van der Waals surface area (Å²) in [4.78, 5) is 38.1. The fourth-order valence-corrected chi connectivity index (χ4v) is 11.1. The van der Waals surface area contributed by atoms with Crippen LogP contribution in [0.3, 0.4) is 0 Å². The van der Waals surface area contributed by atoms with Crippen LogP contribution in [-0.4, -0.2) is 37.2 Å². The number of allylic oxidation sites excluding steroid dienone is 4. The summed E-state index contributed by atoms with van der Waals surface area (Å²) < 4.78 is 16.8. The zero-order chi connectivity index (χ0) is 57.1. The normalized spacial score (nSPS) is 12.1. The van der Waals surface area contributed by atoms with E-state index >= 15 is 0 Å². The van der Waals surface area contributed by atoms with E-state index in [1.807, 2.05) is 0 Å². The molecule has 0 fully saturated rings. The molecule has 1 atom stereocenters. The van der Waals surface area contributed by atoms with Crippen LogP contribution in [0, 0.1) is 0 Å². The summed E-state index contributed by atoms with van der Waals surface area (Å²) in [6.45, 7) is 6.64. The van der Waals surface area contributed by atoms with Crippen molar-refractivity contribution >= 4 is 17.9 Å². The van der Waals surface area contributed by atoms with Gasteiger partial charge in [-0.3, -0.25) is 14.4 Å². The predicted octanol–water partition coefficient (Wildman–Crippen LogP) is 24.6. The zero-order valence-electron chi connectivity index (χ0n) is 53.7. The van der Waals surface area contributed by atoms with Crippen LogP contribution in [0.4, 0.5) is 0 Å². The highest BCUT2D eigenvalue weighted by atomic mass is 16.6. The molecule has 0 N–H and O–H groups in total. The predicted molar refractivity (Wildman–Crippen MR) is 344 cm³/mol. The molecule has 0 saturated heterocycles. The molecule has 0 aliphatic heterocycles. The Bertz CT molecular complexity index is 1270. The Kier molecular flexibility index (Phi) is 66.6. The number of carbonyl (C=O) groups is 3. The van der Waals surface area contributed by atoms with E-state index in [0.29, 0.717) is 19.3 Å². The molecule has 0 aromatic carbocycles. The van der Waals surface area contributed by atoms with Gasteiger partial charge in [-0.15, -0.1) is 0 Å². The lowest BCUT2D eigenvalue weighted by Gasteiger charge is -2.18. The van der Waals surface area contributed by atoms with Crippen LogP contribution >= 0.6 is 0 Å². The van der Waals surface area contributed by atoms with Gasteiger partial charge in [0.05, 0.1) is 0 Å². The van der Waals surface area contributed by atoms with Gasteiger partial charge in [-0.05, 0) is 51.4 Å². The molecule has 0 aromatic rings. The fourth-order valence-electron chi connectivity index (χ4n) is 11.1. The van der Waals surface area contributed by atoms with Gasteiger partial charge in [-0.1, -0.05) is 360 Å². The van der Waals surface area contributed by atoms with Gasteiger partial charge in [0.15, 0.2) is 6.10 Å². The van der Waals surface area contributed by atoms with Crippen molar-refractivity contribution in [2.24, 2.45) is 0 Å². The van der Waals surface area contributed by atoms with Crippen LogP contribution in [0.2, 0.25) is 0 Å². The lowest BCUT2D eigenvalue weighted by Crippen LogP contribution is -2.30. The summed E-state index contributed by atoms with van der Waals surface area (Å²) in [7, 11) is 0. The van der Waals surface area contributed by atoms with E-state index in [1.54, 1.807) is 0 Å². The molecule has 1 unspecified atom stereocenters. The number of rotatable bonds is 67. The van der Waals surface area contributed by atoms with E-state index in [4.69, 9.17) is 14.2 Å². The van der Waals surface area contributed by atoms with E-state index in [1.165, 1.54) is 302 Å². The maximum Gasteiger partial charge on any atom is 0.306 e. The minimum absolute atomic E-state index is 0.0680. The molecule has 0 rings (SSSR count). The monoisotopic (exact) mass is 1110 g/mol. The van der Waals surface area contributed by atoms with Crippen molar-refractivity contribution in [1.82, 2.24) is 0 Å². The smallest absolute Gasteiger partial charge is 0.306 e. The van der Waals surface area contributed by atoms with E-state index in [0.717, 1.165) is 64.2 Å². The Morgan fingerprint density at radius 2 is 0.456 bits per heavy atom. The van der Waals surface area contributed by atoms with E-state index in [-0.39, 0.29) is 31.1 Å². The van der Waals surface area contributed by atoms with Crippen molar-refractivity contribution in [3.63, 3.8) is 0 Å². The summed E-state index contributed by atoms with van der Waals surface area (Å²) in [5.41, 5.74) is 0. The second-order valence-corrected chi connectivity index (χ2v) is 24.5. The quantitative estimate of drug-likeness (QED) is 0.0261. The second kappa shape index (κ2) is 68.4. The highest BCUT2D eigenvalue weighted by Crippen LogP contribution is 2.19. The average molecular weight is 1110 g/mol. The van der Waals surface area contributed by atoms with Crippen molar-refractivity contribution in [3.05, 3.63) is 24.3 Å². The molecule has 466 valence electrons. The Hall–Kier alpha value is -2.11. The SMILES string of the molecule is CCCCCCC/C=C\C/C=C\CCCCCCCCCCCC(=O)OC(COC(=O)CCCCCCCC)COC(=O)CCCCCCCCCCCCCCCCCCCCCCCCCCCCCCCCCCCC. The number of ether oxygens (including phenoxy) is 3. The summed E-state index contributed by atoms with van der Waals surface area (Å²) in [6, 6.07) is 0. The first-order valence-electron chi connectivity index (χ1n) is 35.8. The highest BCUT2D eigenvalue weighted by molar-refractivity contribution is 5.71. The highest BCUT2D eigenvalue weighted by Gasteiger charge is 2.19. The maximum atomic E-state index is 12.9.